The monoisotopic (exact) mass is 296 g/mol. The van der Waals surface area contributed by atoms with Crippen LogP contribution in [-0.4, -0.2) is 25.2 Å². The Balaban J connectivity index is 2.10. The highest BCUT2D eigenvalue weighted by Crippen LogP contribution is 2.36. The molecule has 1 N–H and O–H groups in total. The van der Waals surface area contributed by atoms with Crippen molar-refractivity contribution in [1.29, 1.82) is 0 Å². The number of aryl methyl sites for hydroxylation is 2. The maximum atomic E-state index is 5.18. The summed E-state index contributed by atoms with van der Waals surface area (Å²) in [5, 5.41) is 4.96. The van der Waals surface area contributed by atoms with E-state index in [1.54, 1.807) is 7.11 Å². The molecule has 0 amide bonds. The number of aromatic nitrogens is 1. The first-order valence-electron chi connectivity index (χ1n) is 7.78. The van der Waals surface area contributed by atoms with E-state index >= 15 is 0 Å². The molecule has 0 bridgehead atoms. The largest absolute Gasteiger partial charge is 0.383 e. The molecular formula is C16H28N2OS. The van der Waals surface area contributed by atoms with Gasteiger partial charge in [0.15, 0.2) is 0 Å². The van der Waals surface area contributed by atoms with Crippen LogP contribution in [0.5, 0.6) is 0 Å². The smallest absolute Gasteiger partial charge is 0.113 e. The number of rotatable bonds is 8. The second-order valence-electron chi connectivity index (χ2n) is 6.43. The summed E-state index contributed by atoms with van der Waals surface area (Å²) < 4.78 is 5.18. The van der Waals surface area contributed by atoms with Crippen LogP contribution in [0.3, 0.4) is 0 Å². The van der Waals surface area contributed by atoms with Gasteiger partial charge in [0, 0.05) is 18.5 Å². The molecular weight excluding hydrogens is 268 g/mol. The third-order valence-corrected chi connectivity index (χ3v) is 5.53. The van der Waals surface area contributed by atoms with Gasteiger partial charge in [0.05, 0.1) is 17.8 Å². The predicted octanol–water partition coefficient (Wildman–Crippen LogP) is 3.52. The lowest BCUT2D eigenvalue weighted by Crippen LogP contribution is -2.41. The highest BCUT2D eigenvalue weighted by Gasteiger charge is 2.31. The van der Waals surface area contributed by atoms with Gasteiger partial charge in [-0.2, -0.15) is 0 Å². The fourth-order valence-corrected chi connectivity index (χ4v) is 4.00. The van der Waals surface area contributed by atoms with Crippen LogP contribution < -0.4 is 5.32 Å². The quantitative estimate of drug-likeness (QED) is 0.745. The fraction of sp³-hybridized carbons (Fsp3) is 0.812. The second kappa shape index (κ2) is 7.01. The molecule has 1 aromatic rings. The first-order valence-corrected chi connectivity index (χ1v) is 8.60. The first-order chi connectivity index (χ1) is 9.55. The van der Waals surface area contributed by atoms with Crippen molar-refractivity contribution in [1.82, 2.24) is 10.3 Å². The Morgan fingerprint density at radius 2 is 2.20 bits per heavy atom. The molecule has 1 aliphatic rings. The minimum Gasteiger partial charge on any atom is -0.383 e. The number of nitrogens with one attached hydrogen (secondary N) is 1. The number of ether oxygens (including phenoxy) is 1. The van der Waals surface area contributed by atoms with Crippen molar-refractivity contribution in [3.05, 3.63) is 15.6 Å². The van der Waals surface area contributed by atoms with Gasteiger partial charge in [0.25, 0.3) is 0 Å². The van der Waals surface area contributed by atoms with Crippen molar-refractivity contribution in [3.63, 3.8) is 0 Å². The van der Waals surface area contributed by atoms with E-state index in [0.717, 1.165) is 25.5 Å². The first kappa shape index (κ1) is 15.9. The van der Waals surface area contributed by atoms with Crippen molar-refractivity contribution in [2.24, 2.45) is 5.92 Å². The number of nitrogens with zero attached hydrogens (tertiary/aromatic N) is 1. The average molecular weight is 296 g/mol. The van der Waals surface area contributed by atoms with Gasteiger partial charge in [-0.1, -0.05) is 13.8 Å². The molecule has 0 saturated heterocycles. The normalized spacial score (nSPS) is 17.4. The zero-order valence-electron chi connectivity index (χ0n) is 13.3. The Labute approximate surface area is 127 Å². The van der Waals surface area contributed by atoms with Crippen LogP contribution in [0.1, 0.15) is 55.6 Å². The third-order valence-electron chi connectivity index (χ3n) is 4.11. The fourth-order valence-electron chi connectivity index (χ4n) is 2.70. The van der Waals surface area contributed by atoms with Crippen molar-refractivity contribution >= 4 is 11.3 Å². The number of hydrogen-bond donors (Lipinski definition) is 1. The Kier molecular flexibility index (Phi) is 5.58. The molecule has 0 spiro atoms. The van der Waals surface area contributed by atoms with Gasteiger partial charge in [-0.3, -0.25) is 0 Å². The lowest BCUT2D eigenvalue weighted by molar-refractivity contribution is 0.182. The maximum Gasteiger partial charge on any atom is 0.113 e. The van der Waals surface area contributed by atoms with Crippen molar-refractivity contribution in [3.8, 4) is 0 Å². The number of methoxy groups -OCH3 is 1. The predicted molar refractivity (Wildman–Crippen MR) is 85.4 cm³/mol. The molecule has 0 fully saturated rings. The van der Waals surface area contributed by atoms with E-state index < -0.39 is 0 Å². The zero-order chi connectivity index (χ0) is 14.6. The second-order valence-corrected chi connectivity index (χ2v) is 7.51. The van der Waals surface area contributed by atoms with Crippen molar-refractivity contribution in [2.45, 2.75) is 58.4 Å². The van der Waals surface area contributed by atoms with Gasteiger partial charge in [-0.25, -0.2) is 4.98 Å². The molecule has 20 heavy (non-hydrogen) atoms. The Hall–Kier alpha value is -0.450. The van der Waals surface area contributed by atoms with Gasteiger partial charge < -0.3 is 10.1 Å². The van der Waals surface area contributed by atoms with E-state index in [-0.39, 0.29) is 5.54 Å². The minimum atomic E-state index is -0.00218. The lowest BCUT2D eigenvalue weighted by atomic mass is 9.92. The number of hydrogen-bond acceptors (Lipinski definition) is 4. The van der Waals surface area contributed by atoms with Gasteiger partial charge in [0.2, 0.25) is 0 Å². The van der Waals surface area contributed by atoms with Gasteiger partial charge >= 0.3 is 0 Å². The molecule has 114 valence electrons. The van der Waals surface area contributed by atoms with E-state index in [0.29, 0.717) is 0 Å². The van der Waals surface area contributed by atoms with Crippen molar-refractivity contribution < 1.29 is 4.74 Å². The molecule has 0 radical (unpaired) electrons. The molecule has 1 unspecified atom stereocenters. The third kappa shape index (κ3) is 3.80. The van der Waals surface area contributed by atoms with Gasteiger partial charge in [0.1, 0.15) is 5.01 Å². The molecule has 3 nitrogen and oxygen atoms in total. The minimum absolute atomic E-state index is 0.00218. The highest BCUT2D eigenvalue weighted by atomic mass is 32.1. The highest BCUT2D eigenvalue weighted by molar-refractivity contribution is 7.12. The summed E-state index contributed by atoms with van der Waals surface area (Å²) in [4.78, 5) is 6.45. The van der Waals surface area contributed by atoms with E-state index in [9.17, 15) is 0 Å². The molecule has 1 aliphatic carbocycles. The average Bonchev–Trinajstić information content (AvgIpc) is 2.97. The molecule has 4 heteroatoms. The maximum absolute atomic E-state index is 5.18. The topological polar surface area (TPSA) is 34.1 Å². The Morgan fingerprint density at radius 1 is 1.40 bits per heavy atom. The molecule has 1 aromatic heterocycles. The van der Waals surface area contributed by atoms with Crippen LogP contribution in [0, 0.1) is 5.92 Å². The van der Waals surface area contributed by atoms with Crippen LogP contribution in [0.4, 0.5) is 0 Å². The Bertz CT molecular complexity index is 409. The van der Waals surface area contributed by atoms with Crippen LogP contribution in [0.15, 0.2) is 0 Å². The molecule has 0 aliphatic heterocycles. The Morgan fingerprint density at radius 3 is 2.85 bits per heavy atom. The molecule has 0 aromatic carbocycles. The summed E-state index contributed by atoms with van der Waals surface area (Å²) >= 11 is 1.92. The van der Waals surface area contributed by atoms with Crippen LogP contribution in [0.25, 0.3) is 0 Å². The summed E-state index contributed by atoms with van der Waals surface area (Å²) in [5.41, 5.74) is 1.35. The standard InChI is InChI=1S/C16H28N2OS/c1-12(2)8-9-16(3,17-10-11-19-4)15-18-13-6-5-7-14(13)20-15/h12,17H,5-11H2,1-4H3. The van der Waals surface area contributed by atoms with Gasteiger partial charge in [-0.15, -0.1) is 11.3 Å². The van der Waals surface area contributed by atoms with Crippen LogP contribution in [-0.2, 0) is 23.1 Å². The lowest BCUT2D eigenvalue weighted by Gasteiger charge is -2.30. The van der Waals surface area contributed by atoms with Crippen molar-refractivity contribution in [2.75, 3.05) is 20.3 Å². The van der Waals surface area contributed by atoms with Crippen LogP contribution in [0.2, 0.25) is 0 Å². The zero-order valence-corrected chi connectivity index (χ0v) is 14.1. The molecule has 1 heterocycles. The molecule has 2 rings (SSSR count). The van der Waals surface area contributed by atoms with E-state index in [1.807, 2.05) is 11.3 Å². The van der Waals surface area contributed by atoms with Gasteiger partial charge in [-0.05, 0) is 44.9 Å². The van der Waals surface area contributed by atoms with E-state index in [2.05, 4.69) is 26.1 Å². The molecule has 1 atom stereocenters. The summed E-state index contributed by atoms with van der Waals surface area (Å²) in [6.45, 7) is 8.52. The summed E-state index contributed by atoms with van der Waals surface area (Å²) in [6, 6.07) is 0. The van der Waals surface area contributed by atoms with E-state index in [1.165, 1.54) is 41.3 Å². The summed E-state index contributed by atoms with van der Waals surface area (Å²) in [5.74, 6) is 0.727. The SMILES string of the molecule is COCCNC(C)(CCC(C)C)c1nc2c(s1)CCC2. The van der Waals surface area contributed by atoms with Crippen LogP contribution >= 0.6 is 11.3 Å². The summed E-state index contributed by atoms with van der Waals surface area (Å²) in [7, 11) is 1.76. The number of fused-ring (bicyclic) bond motifs is 1. The molecule has 0 saturated carbocycles. The summed E-state index contributed by atoms with van der Waals surface area (Å²) in [6.07, 6.45) is 6.05. The number of thiazole rings is 1. The van der Waals surface area contributed by atoms with E-state index in [4.69, 9.17) is 9.72 Å².